The molecule has 2 heteroatoms. The van der Waals surface area contributed by atoms with Crippen LogP contribution in [0.5, 0.6) is 0 Å². The van der Waals surface area contributed by atoms with Gasteiger partial charge in [-0.05, 0) is 24.1 Å². The van der Waals surface area contributed by atoms with Crippen LogP contribution in [0.3, 0.4) is 0 Å². The molecule has 1 aromatic rings. The Kier molecular flexibility index (Phi) is 1.26. The smallest absolute Gasteiger partial charge is 0.0270 e. The predicted octanol–water partition coefficient (Wildman–Crippen LogP) is 1.07. The molecule has 1 heterocycles. The molecule has 0 spiro atoms. The van der Waals surface area contributed by atoms with Gasteiger partial charge in [0.15, 0.2) is 0 Å². The standard InChI is InChI=1S/C9H12N2/c1-9(6-8(9)10)7-2-4-11-5-3-7/h2-5,8H,6,10H2,1H3. The highest BCUT2D eigenvalue weighted by Gasteiger charge is 2.48. The third kappa shape index (κ3) is 0.942. The van der Waals surface area contributed by atoms with E-state index < -0.39 is 0 Å². The normalized spacial score (nSPS) is 35.3. The fraction of sp³-hybridized carbons (Fsp3) is 0.444. The number of aromatic nitrogens is 1. The third-order valence-electron chi connectivity index (χ3n) is 2.64. The first-order valence-electron chi connectivity index (χ1n) is 3.89. The van der Waals surface area contributed by atoms with Crippen molar-refractivity contribution in [2.75, 3.05) is 0 Å². The highest BCUT2D eigenvalue weighted by atomic mass is 14.8. The van der Waals surface area contributed by atoms with Gasteiger partial charge in [0.25, 0.3) is 0 Å². The van der Waals surface area contributed by atoms with Crippen LogP contribution in [0.1, 0.15) is 18.9 Å². The molecule has 1 saturated carbocycles. The van der Waals surface area contributed by atoms with Crippen LogP contribution < -0.4 is 5.73 Å². The van der Waals surface area contributed by atoms with Crippen molar-refractivity contribution in [2.24, 2.45) is 5.73 Å². The first-order valence-corrected chi connectivity index (χ1v) is 3.89. The lowest BCUT2D eigenvalue weighted by atomic mass is 9.99. The zero-order valence-corrected chi connectivity index (χ0v) is 6.62. The maximum absolute atomic E-state index is 5.81. The van der Waals surface area contributed by atoms with Gasteiger partial charge in [-0.1, -0.05) is 6.92 Å². The van der Waals surface area contributed by atoms with Crippen molar-refractivity contribution in [3.63, 3.8) is 0 Å². The van der Waals surface area contributed by atoms with E-state index in [0.29, 0.717) is 6.04 Å². The molecule has 58 valence electrons. The summed E-state index contributed by atoms with van der Waals surface area (Å²) in [5.74, 6) is 0. The molecule has 0 bridgehead atoms. The molecule has 1 aliphatic carbocycles. The van der Waals surface area contributed by atoms with Crippen LogP contribution >= 0.6 is 0 Å². The minimum atomic E-state index is 0.239. The summed E-state index contributed by atoms with van der Waals surface area (Å²) in [4.78, 5) is 3.97. The summed E-state index contributed by atoms with van der Waals surface area (Å²) in [6.45, 7) is 2.20. The topological polar surface area (TPSA) is 38.9 Å². The number of hydrogen-bond donors (Lipinski definition) is 1. The second-order valence-electron chi connectivity index (χ2n) is 3.46. The van der Waals surface area contributed by atoms with Crippen molar-refractivity contribution in [1.29, 1.82) is 0 Å². The van der Waals surface area contributed by atoms with Gasteiger partial charge in [0, 0.05) is 23.9 Å². The van der Waals surface area contributed by atoms with E-state index >= 15 is 0 Å². The molecule has 0 saturated heterocycles. The molecule has 0 amide bonds. The molecule has 0 radical (unpaired) electrons. The number of nitrogens with zero attached hydrogens (tertiary/aromatic N) is 1. The third-order valence-corrected chi connectivity index (χ3v) is 2.64. The first kappa shape index (κ1) is 6.80. The van der Waals surface area contributed by atoms with Crippen molar-refractivity contribution in [2.45, 2.75) is 24.8 Å². The Balaban J connectivity index is 2.32. The lowest BCUT2D eigenvalue weighted by Crippen LogP contribution is -2.14. The van der Waals surface area contributed by atoms with Crippen molar-refractivity contribution >= 4 is 0 Å². The number of rotatable bonds is 1. The summed E-state index contributed by atoms with van der Waals surface area (Å²) < 4.78 is 0. The summed E-state index contributed by atoms with van der Waals surface area (Å²) in [6, 6.07) is 4.45. The minimum Gasteiger partial charge on any atom is -0.327 e. The van der Waals surface area contributed by atoms with Crippen molar-refractivity contribution in [1.82, 2.24) is 4.98 Å². The summed E-state index contributed by atoms with van der Waals surface area (Å²) in [5.41, 5.74) is 7.37. The Hall–Kier alpha value is -0.890. The summed E-state index contributed by atoms with van der Waals surface area (Å²) >= 11 is 0. The fourth-order valence-electron chi connectivity index (χ4n) is 1.46. The Morgan fingerprint density at radius 1 is 1.55 bits per heavy atom. The lowest BCUT2D eigenvalue weighted by molar-refractivity contribution is 0.739. The van der Waals surface area contributed by atoms with E-state index in [0.717, 1.165) is 6.42 Å². The predicted molar refractivity (Wildman–Crippen MR) is 44.2 cm³/mol. The van der Waals surface area contributed by atoms with Crippen molar-refractivity contribution in [3.05, 3.63) is 30.1 Å². The van der Waals surface area contributed by atoms with E-state index in [1.165, 1.54) is 5.56 Å². The van der Waals surface area contributed by atoms with Crippen LogP contribution in [0.4, 0.5) is 0 Å². The largest absolute Gasteiger partial charge is 0.327 e. The number of pyridine rings is 1. The molecule has 2 N–H and O–H groups in total. The highest BCUT2D eigenvalue weighted by molar-refractivity contribution is 5.32. The zero-order chi connectivity index (χ0) is 7.90. The van der Waals surface area contributed by atoms with Crippen molar-refractivity contribution in [3.8, 4) is 0 Å². The molecule has 2 atom stereocenters. The van der Waals surface area contributed by atoms with Crippen LogP contribution in [-0.2, 0) is 5.41 Å². The molecule has 1 fully saturated rings. The number of nitrogens with two attached hydrogens (primary N) is 1. The summed E-state index contributed by atoms with van der Waals surface area (Å²) in [7, 11) is 0. The maximum Gasteiger partial charge on any atom is 0.0270 e. The molecule has 2 rings (SSSR count). The van der Waals surface area contributed by atoms with Gasteiger partial charge in [0.1, 0.15) is 0 Å². The second-order valence-corrected chi connectivity index (χ2v) is 3.46. The average molecular weight is 148 g/mol. The molecule has 0 aliphatic heterocycles. The van der Waals surface area contributed by atoms with Crippen LogP contribution in [-0.4, -0.2) is 11.0 Å². The minimum absolute atomic E-state index is 0.239. The molecule has 11 heavy (non-hydrogen) atoms. The van der Waals surface area contributed by atoms with Crippen LogP contribution in [0.15, 0.2) is 24.5 Å². The van der Waals surface area contributed by atoms with Crippen LogP contribution in [0.2, 0.25) is 0 Å². The monoisotopic (exact) mass is 148 g/mol. The van der Waals surface area contributed by atoms with Gasteiger partial charge in [0.2, 0.25) is 0 Å². The zero-order valence-electron chi connectivity index (χ0n) is 6.62. The van der Waals surface area contributed by atoms with Crippen molar-refractivity contribution < 1.29 is 0 Å². The average Bonchev–Trinajstić information content (AvgIpc) is 2.64. The quantitative estimate of drug-likeness (QED) is 0.647. The molecule has 2 unspecified atom stereocenters. The lowest BCUT2D eigenvalue weighted by Gasteiger charge is -2.08. The fourth-order valence-corrected chi connectivity index (χ4v) is 1.46. The van der Waals surface area contributed by atoms with Gasteiger partial charge in [0.05, 0.1) is 0 Å². The Bertz CT molecular complexity index is 258. The molecule has 1 aromatic heterocycles. The SMILES string of the molecule is CC1(c2ccncc2)CC1N. The molecular weight excluding hydrogens is 136 g/mol. The Morgan fingerprint density at radius 2 is 2.09 bits per heavy atom. The van der Waals surface area contributed by atoms with Gasteiger partial charge < -0.3 is 5.73 Å². The van der Waals surface area contributed by atoms with Gasteiger partial charge in [-0.3, -0.25) is 4.98 Å². The van der Waals surface area contributed by atoms with Gasteiger partial charge in [-0.15, -0.1) is 0 Å². The summed E-state index contributed by atoms with van der Waals surface area (Å²) in [6.07, 6.45) is 4.76. The first-order chi connectivity index (χ1) is 5.23. The molecule has 1 aliphatic rings. The van der Waals surface area contributed by atoms with Gasteiger partial charge in [-0.25, -0.2) is 0 Å². The molecule has 0 aromatic carbocycles. The molecular formula is C9H12N2. The van der Waals surface area contributed by atoms with E-state index in [-0.39, 0.29) is 5.41 Å². The highest BCUT2D eigenvalue weighted by Crippen LogP contribution is 2.45. The Labute approximate surface area is 66.4 Å². The Morgan fingerprint density at radius 3 is 2.55 bits per heavy atom. The van der Waals surface area contributed by atoms with Gasteiger partial charge in [-0.2, -0.15) is 0 Å². The maximum atomic E-state index is 5.81. The van der Waals surface area contributed by atoms with Gasteiger partial charge >= 0.3 is 0 Å². The van der Waals surface area contributed by atoms with Crippen LogP contribution in [0, 0.1) is 0 Å². The van der Waals surface area contributed by atoms with Crippen LogP contribution in [0.25, 0.3) is 0 Å². The number of hydrogen-bond acceptors (Lipinski definition) is 2. The van der Waals surface area contributed by atoms with E-state index in [4.69, 9.17) is 5.73 Å². The van der Waals surface area contributed by atoms with E-state index in [1.54, 1.807) is 0 Å². The second kappa shape index (κ2) is 2.05. The summed E-state index contributed by atoms with van der Waals surface area (Å²) in [5, 5.41) is 0. The van der Waals surface area contributed by atoms with E-state index in [1.807, 2.05) is 24.5 Å². The van der Waals surface area contributed by atoms with E-state index in [9.17, 15) is 0 Å². The van der Waals surface area contributed by atoms with E-state index in [2.05, 4.69) is 11.9 Å². The molecule has 2 nitrogen and oxygen atoms in total.